The Morgan fingerprint density at radius 2 is 2.26 bits per heavy atom. The molecule has 2 heterocycles. The molecule has 1 fully saturated rings. The molecule has 2 rings (SSSR count). The first kappa shape index (κ1) is 14.0. The zero-order chi connectivity index (χ0) is 13.9. The lowest BCUT2D eigenvalue weighted by atomic mass is 10.3. The lowest BCUT2D eigenvalue weighted by Gasteiger charge is -2.17. The predicted molar refractivity (Wildman–Crippen MR) is 71.3 cm³/mol. The molecule has 0 saturated carbocycles. The van der Waals surface area contributed by atoms with Gasteiger partial charge in [0.15, 0.2) is 5.79 Å². The number of rotatable bonds is 5. The van der Waals surface area contributed by atoms with Crippen LogP contribution in [0, 0.1) is 6.92 Å². The van der Waals surface area contributed by atoms with E-state index >= 15 is 0 Å². The van der Waals surface area contributed by atoms with E-state index in [9.17, 15) is 0 Å². The zero-order valence-electron chi connectivity index (χ0n) is 11.9. The van der Waals surface area contributed by atoms with Crippen LogP contribution in [0.1, 0.15) is 26.5 Å². The van der Waals surface area contributed by atoms with Crippen molar-refractivity contribution in [2.45, 2.75) is 39.6 Å². The molecule has 1 aliphatic rings. The summed E-state index contributed by atoms with van der Waals surface area (Å²) in [5.74, 6) is 0.634. The van der Waals surface area contributed by atoms with E-state index in [-0.39, 0.29) is 6.10 Å². The van der Waals surface area contributed by atoms with E-state index in [0.29, 0.717) is 31.6 Å². The molecule has 1 saturated heterocycles. The molecule has 1 aliphatic heterocycles. The van der Waals surface area contributed by atoms with Gasteiger partial charge in [0.25, 0.3) is 0 Å². The van der Waals surface area contributed by atoms with Crippen LogP contribution in [0.3, 0.4) is 0 Å². The smallest absolute Gasteiger partial charge is 0.226 e. The number of aryl methyl sites for hydroxylation is 1. The summed E-state index contributed by atoms with van der Waals surface area (Å²) in [4.78, 5) is 8.59. The first-order valence-corrected chi connectivity index (χ1v) is 6.52. The van der Waals surface area contributed by atoms with Gasteiger partial charge in [-0.1, -0.05) is 0 Å². The first-order valence-electron chi connectivity index (χ1n) is 6.52. The summed E-state index contributed by atoms with van der Waals surface area (Å²) in [5, 5.41) is 3.16. The maximum Gasteiger partial charge on any atom is 0.226 e. The topological polar surface area (TPSA) is 65.5 Å². The molecular weight excluding hydrogens is 246 g/mol. The Morgan fingerprint density at radius 3 is 2.89 bits per heavy atom. The minimum absolute atomic E-state index is 0.00894. The molecule has 0 aromatic carbocycles. The molecule has 1 aromatic heterocycles. The van der Waals surface area contributed by atoms with Crippen molar-refractivity contribution in [3.8, 4) is 5.88 Å². The molecule has 0 bridgehead atoms. The zero-order valence-corrected chi connectivity index (χ0v) is 11.9. The largest absolute Gasteiger partial charge is 0.478 e. The normalized spacial score (nSPS) is 21.4. The fraction of sp³-hybridized carbons (Fsp3) is 0.692. The molecule has 0 spiro atoms. The van der Waals surface area contributed by atoms with E-state index in [1.54, 1.807) is 0 Å². The van der Waals surface area contributed by atoms with Gasteiger partial charge in [-0.2, -0.15) is 4.98 Å². The second-order valence-corrected chi connectivity index (χ2v) is 4.94. The Balaban J connectivity index is 1.92. The summed E-state index contributed by atoms with van der Waals surface area (Å²) >= 11 is 0. The number of nitrogens with one attached hydrogen (secondary N) is 1. The van der Waals surface area contributed by atoms with Gasteiger partial charge in [-0.25, -0.2) is 4.98 Å². The Bertz CT molecular complexity index is 437. The van der Waals surface area contributed by atoms with Crippen molar-refractivity contribution in [3.05, 3.63) is 11.8 Å². The highest BCUT2D eigenvalue weighted by Gasteiger charge is 2.32. The first-order chi connectivity index (χ1) is 8.98. The second-order valence-electron chi connectivity index (χ2n) is 4.94. The maximum absolute atomic E-state index is 5.71. The van der Waals surface area contributed by atoms with Crippen LogP contribution in [0.15, 0.2) is 6.07 Å². The minimum atomic E-state index is -0.504. The fourth-order valence-corrected chi connectivity index (χ4v) is 1.91. The van der Waals surface area contributed by atoms with Crippen molar-refractivity contribution < 1.29 is 14.2 Å². The van der Waals surface area contributed by atoms with Crippen molar-refractivity contribution >= 4 is 5.95 Å². The Hall–Kier alpha value is -1.40. The average Bonchev–Trinajstić information content (AvgIpc) is 2.66. The van der Waals surface area contributed by atoms with Crippen LogP contribution in [-0.2, 0) is 9.47 Å². The molecule has 6 nitrogen and oxygen atoms in total. The van der Waals surface area contributed by atoms with Crippen LogP contribution >= 0.6 is 0 Å². The van der Waals surface area contributed by atoms with Gasteiger partial charge in [-0.15, -0.1) is 0 Å². The highest BCUT2D eigenvalue weighted by molar-refractivity contribution is 5.30. The van der Waals surface area contributed by atoms with Crippen LogP contribution in [0.4, 0.5) is 5.95 Å². The van der Waals surface area contributed by atoms with E-state index < -0.39 is 5.79 Å². The molecule has 0 amide bonds. The third-order valence-corrected chi connectivity index (χ3v) is 2.68. The molecule has 0 radical (unpaired) electrons. The predicted octanol–water partition coefficient (Wildman–Crippen LogP) is 1.75. The Labute approximate surface area is 113 Å². The van der Waals surface area contributed by atoms with Gasteiger partial charge in [-0.05, 0) is 27.7 Å². The lowest BCUT2D eigenvalue weighted by Crippen LogP contribution is -2.26. The van der Waals surface area contributed by atoms with Gasteiger partial charge in [0.05, 0.1) is 13.2 Å². The van der Waals surface area contributed by atoms with E-state index in [1.165, 1.54) is 0 Å². The molecule has 1 aromatic rings. The summed E-state index contributed by atoms with van der Waals surface area (Å²) < 4.78 is 16.6. The van der Waals surface area contributed by atoms with Gasteiger partial charge in [-0.3, -0.25) is 0 Å². The number of anilines is 1. The summed E-state index contributed by atoms with van der Waals surface area (Å²) in [5.41, 5.74) is 0.866. The van der Waals surface area contributed by atoms with Gasteiger partial charge in [0.1, 0.15) is 6.10 Å². The van der Waals surface area contributed by atoms with E-state index in [2.05, 4.69) is 15.3 Å². The van der Waals surface area contributed by atoms with Crippen molar-refractivity contribution in [1.29, 1.82) is 0 Å². The van der Waals surface area contributed by atoms with Crippen LogP contribution in [-0.4, -0.2) is 41.6 Å². The minimum Gasteiger partial charge on any atom is -0.478 e. The molecule has 19 heavy (non-hydrogen) atoms. The second kappa shape index (κ2) is 5.71. The van der Waals surface area contributed by atoms with Crippen LogP contribution in [0.25, 0.3) is 0 Å². The van der Waals surface area contributed by atoms with Gasteiger partial charge < -0.3 is 19.5 Å². The number of nitrogens with zero attached hydrogens (tertiary/aromatic N) is 2. The fourth-order valence-electron chi connectivity index (χ4n) is 1.91. The van der Waals surface area contributed by atoms with Crippen molar-refractivity contribution in [1.82, 2.24) is 9.97 Å². The number of hydrogen-bond donors (Lipinski definition) is 1. The molecule has 0 aliphatic carbocycles. The molecule has 106 valence electrons. The SMILES string of the molecule is CCOc1cc(C)nc(NCC2COC(C)(C)O2)n1. The van der Waals surface area contributed by atoms with Gasteiger partial charge >= 0.3 is 0 Å². The number of aromatic nitrogens is 2. The lowest BCUT2D eigenvalue weighted by molar-refractivity contribution is -0.136. The Kier molecular flexibility index (Phi) is 4.21. The number of ether oxygens (including phenoxy) is 3. The third kappa shape index (κ3) is 4.04. The molecular formula is C13H21N3O3. The van der Waals surface area contributed by atoms with Crippen LogP contribution in [0.5, 0.6) is 5.88 Å². The molecule has 1 atom stereocenters. The summed E-state index contributed by atoms with van der Waals surface area (Å²) in [6, 6.07) is 1.81. The Morgan fingerprint density at radius 1 is 1.47 bits per heavy atom. The van der Waals surface area contributed by atoms with Gasteiger partial charge in [0, 0.05) is 18.3 Å². The van der Waals surface area contributed by atoms with Crippen molar-refractivity contribution in [3.63, 3.8) is 0 Å². The summed E-state index contributed by atoms with van der Waals surface area (Å²) in [7, 11) is 0. The molecule has 6 heteroatoms. The standard InChI is InChI=1S/C13H21N3O3/c1-5-17-11-6-9(2)15-12(16-11)14-7-10-8-18-13(3,4)19-10/h6,10H,5,7-8H2,1-4H3,(H,14,15,16). The highest BCUT2D eigenvalue weighted by atomic mass is 16.7. The van der Waals surface area contributed by atoms with E-state index in [1.807, 2.05) is 33.8 Å². The monoisotopic (exact) mass is 267 g/mol. The van der Waals surface area contributed by atoms with Crippen molar-refractivity contribution in [2.75, 3.05) is 25.1 Å². The van der Waals surface area contributed by atoms with Crippen molar-refractivity contribution in [2.24, 2.45) is 0 Å². The quantitative estimate of drug-likeness (QED) is 0.876. The van der Waals surface area contributed by atoms with E-state index in [4.69, 9.17) is 14.2 Å². The molecule has 1 unspecified atom stereocenters. The summed E-state index contributed by atoms with van der Waals surface area (Å²) in [6.45, 7) is 9.42. The van der Waals surface area contributed by atoms with E-state index in [0.717, 1.165) is 5.69 Å². The number of hydrogen-bond acceptors (Lipinski definition) is 6. The maximum atomic E-state index is 5.71. The molecule has 1 N–H and O–H groups in total. The van der Waals surface area contributed by atoms with Crippen LogP contribution < -0.4 is 10.1 Å². The van der Waals surface area contributed by atoms with Crippen LogP contribution in [0.2, 0.25) is 0 Å². The third-order valence-electron chi connectivity index (χ3n) is 2.68. The highest BCUT2D eigenvalue weighted by Crippen LogP contribution is 2.22. The summed E-state index contributed by atoms with van der Waals surface area (Å²) in [6.07, 6.45) is 0.00894. The average molecular weight is 267 g/mol. The van der Waals surface area contributed by atoms with Gasteiger partial charge in [0.2, 0.25) is 11.8 Å².